The minimum Gasteiger partial charge on any atom is -0.371 e. The van der Waals surface area contributed by atoms with Gasteiger partial charge in [-0.1, -0.05) is 6.07 Å². The summed E-state index contributed by atoms with van der Waals surface area (Å²) >= 11 is 1.76. The number of nitrogens with one attached hydrogen (secondary N) is 2. The van der Waals surface area contributed by atoms with Crippen LogP contribution < -0.4 is 19.8 Å². The number of aromatic nitrogens is 1. The van der Waals surface area contributed by atoms with Crippen LogP contribution in [0.3, 0.4) is 0 Å². The van der Waals surface area contributed by atoms with E-state index in [1.54, 1.807) is 35.0 Å². The molecule has 9 heteroatoms. The summed E-state index contributed by atoms with van der Waals surface area (Å²) in [6.07, 6.45) is 7.75. The fourth-order valence-corrected chi connectivity index (χ4v) is 6.22. The molecule has 1 amide bonds. The molecule has 3 heterocycles. The second-order valence-electron chi connectivity index (χ2n) is 11.6. The SMILES string of the molecule is CC1(SNc2ccc(C(=O)Nc3cccc(N4CCCC(F)(F)C4)n3)c(N3CCC4(CC3)CC4)c2)CC1. The molecule has 4 aliphatic rings. The van der Waals surface area contributed by atoms with E-state index in [4.69, 9.17) is 0 Å². The van der Waals surface area contributed by atoms with Crippen molar-refractivity contribution in [3.8, 4) is 0 Å². The number of hydrogen-bond donors (Lipinski definition) is 2. The monoisotopic (exact) mass is 527 g/mol. The first-order chi connectivity index (χ1) is 17.7. The van der Waals surface area contributed by atoms with E-state index in [1.165, 1.54) is 38.5 Å². The first-order valence-corrected chi connectivity index (χ1v) is 14.3. The number of rotatable bonds is 7. The van der Waals surface area contributed by atoms with Crippen molar-refractivity contribution in [3.63, 3.8) is 0 Å². The highest BCUT2D eigenvalue weighted by Gasteiger charge is 2.45. The molecular weight excluding hydrogens is 492 g/mol. The van der Waals surface area contributed by atoms with Crippen molar-refractivity contribution in [1.29, 1.82) is 0 Å². The highest BCUT2D eigenvalue weighted by Crippen LogP contribution is 2.54. The first-order valence-electron chi connectivity index (χ1n) is 13.5. The van der Waals surface area contributed by atoms with Crippen molar-refractivity contribution in [1.82, 2.24) is 4.98 Å². The Kier molecular flexibility index (Phi) is 6.24. The van der Waals surface area contributed by atoms with Gasteiger partial charge in [-0.05, 0) is 99.6 Å². The lowest BCUT2D eigenvalue weighted by molar-refractivity contribution is -0.0118. The van der Waals surface area contributed by atoms with Gasteiger partial charge in [0.15, 0.2) is 0 Å². The zero-order chi connectivity index (χ0) is 25.7. The zero-order valence-corrected chi connectivity index (χ0v) is 22.2. The molecule has 37 heavy (non-hydrogen) atoms. The second-order valence-corrected chi connectivity index (χ2v) is 13.0. The van der Waals surface area contributed by atoms with E-state index < -0.39 is 5.92 Å². The molecule has 0 radical (unpaired) electrons. The maximum absolute atomic E-state index is 14.0. The van der Waals surface area contributed by atoms with Crippen LogP contribution in [0.15, 0.2) is 36.4 Å². The van der Waals surface area contributed by atoms with E-state index in [0.717, 1.165) is 24.5 Å². The molecule has 2 aliphatic heterocycles. The molecule has 2 saturated carbocycles. The van der Waals surface area contributed by atoms with Crippen LogP contribution in [0, 0.1) is 5.41 Å². The fourth-order valence-electron chi connectivity index (χ4n) is 5.42. The number of alkyl halides is 2. The maximum atomic E-state index is 14.0. The smallest absolute Gasteiger partial charge is 0.265 e. The Balaban J connectivity index is 1.21. The van der Waals surface area contributed by atoms with Gasteiger partial charge in [0.2, 0.25) is 0 Å². The normalized spacial score (nSPS) is 23.0. The largest absolute Gasteiger partial charge is 0.371 e. The van der Waals surface area contributed by atoms with Crippen LogP contribution in [0.5, 0.6) is 0 Å². The van der Waals surface area contributed by atoms with Crippen molar-refractivity contribution in [2.75, 3.05) is 46.0 Å². The summed E-state index contributed by atoms with van der Waals surface area (Å²) in [6, 6.07) is 11.1. The van der Waals surface area contributed by atoms with Gasteiger partial charge in [-0.15, -0.1) is 0 Å². The number of pyridine rings is 1. The molecule has 4 fully saturated rings. The van der Waals surface area contributed by atoms with Crippen molar-refractivity contribution < 1.29 is 13.6 Å². The second kappa shape index (κ2) is 9.33. The van der Waals surface area contributed by atoms with Crippen molar-refractivity contribution in [2.45, 2.75) is 69.0 Å². The number of halogens is 2. The van der Waals surface area contributed by atoms with E-state index >= 15 is 0 Å². The van der Waals surface area contributed by atoms with Gasteiger partial charge >= 0.3 is 0 Å². The number of benzene rings is 1. The number of hydrogen-bond acceptors (Lipinski definition) is 6. The third-order valence-corrected chi connectivity index (χ3v) is 9.67. The predicted octanol–water partition coefficient (Wildman–Crippen LogP) is 6.56. The topological polar surface area (TPSA) is 60.5 Å². The first kappa shape index (κ1) is 24.8. The van der Waals surface area contributed by atoms with Gasteiger partial charge in [0, 0.05) is 36.5 Å². The molecule has 2 aliphatic carbocycles. The van der Waals surface area contributed by atoms with Crippen molar-refractivity contribution in [3.05, 3.63) is 42.0 Å². The summed E-state index contributed by atoms with van der Waals surface area (Å²) in [6.45, 7) is 4.35. The summed E-state index contributed by atoms with van der Waals surface area (Å²) in [5.74, 6) is -2.11. The predicted molar refractivity (Wildman–Crippen MR) is 147 cm³/mol. The van der Waals surface area contributed by atoms with Gasteiger partial charge in [-0.3, -0.25) is 4.79 Å². The Labute approximate surface area is 221 Å². The van der Waals surface area contributed by atoms with Gasteiger partial charge in [0.1, 0.15) is 11.6 Å². The van der Waals surface area contributed by atoms with E-state index in [1.807, 2.05) is 12.1 Å². The summed E-state index contributed by atoms with van der Waals surface area (Å²) in [5, 5.41) is 2.94. The van der Waals surface area contributed by atoms with E-state index in [9.17, 15) is 13.6 Å². The highest BCUT2D eigenvalue weighted by atomic mass is 32.2. The van der Waals surface area contributed by atoms with Gasteiger partial charge in [0.25, 0.3) is 11.8 Å². The average molecular weight is 528 g/mol. The lowest BCUT2D eigenvalue weighted by atomic mass is 9.93. The molecule has 2 N–H and O–H groups in total. The Morgan fingerprint density at radius 1 is 0.973 bits per heavy atom. The molecule has 2 saturated heterocycles. The highest BCUT2D eigenvalue weighted by molar-refractivity contribution is 8.02. The van der Waals surface area contributed by atoms with Crippen LogP contribution in [-0.2, 0) is 0 Å². The molecule has 0 unspecified atom stereocenters. The lowest BCUT2D eigenvalue weighted by Gasteiger charge is -2.35. The number of piperidine rings is 2. The maximum Gasteiger partial charge on any atom is 0.265 e. The van der Waals surface area contributed by atoms with Crippen LogP contribution >= 0.6 is 11.9 Å². The fraction of sp³-hybridized carbons (Fsp3) is 0.571. The Hall–Kier alpha value is -2.55. The molecule has 6 rings (SSSR count). The van der Waals surface area contributed by atoms with Crippen LogP contribution in [0.25, 0.3) is 0 Å². The number of anilines is 4. The van der Waals surface area contributed by atoms with E-state index in [-0.39, 0.29) is 18.9 Å². The molecule has 0 bridgehead atoms. The zero-order valence-electron chi connectivity index (χ0n) is 21.4. The summed E-state index contributed by atoms with van der Waals surface area (Å²) in [7, 11) is 0. The van der Waals surface area contributed by atoms with E-state index in [2.05, 4.69) is 32.9 Å². The van der Waals surface area contributed by atoms with Gasteiger partial charge in [-0.2, -0.15) is 0 Å². The summed E-state index contributed by atoms with van der Waals surface area (Å²) in [5.41, 5.74) is 3.09. The third-order valence-electron chi connectivity index (χ3n) is 8.43. The average Bonchev–Trinajstić information content (AvgIpc) is 3.81. The Morgan fingerprint density at radius 3 is 2.46 bits per heavy atom. The quantitative estimate of drug-likeness (QED) is 0.398. The van der Waals surface area contributed by atoms with Crippen LogP contribution in [0.4, 0.5) is 31.8 Å². The third kappa shape index (κ3) is 5.66. The Bertz CT molecular complexity index is 1170. The molecule has 0 atom stereocenters. The summed E-state index contributed by atoms with van der Waals surface area (Å²) in [4.78, 5) is 22.0. The molecule has 1 aromatic heterocycles. The van der Waals surface area contributed by atoms with Crippen LogP contribution in [-0.4, -0.2) is 47.7 Å². The van der Waals surface area contributed by atoms with Crippen molar-refractivity contribution >= 4 is 40.9 Å². The number of nitrogens with zero attached hydrogens (tertiary/aromatic N) is 3. The summed E-state index contributed by atoms with van der Waals surface area (Å²) < 4.78 is 31.7. The number of amides is 1. The standard InChI is InChI=1S/C28H35F2N5OS/c1-26(9-10-26)37-33-20-6-7-21(22(18-20)34-16-13-27(11-12-27)14-17-34)25(36)32-23-4-2-5-24(31-23)35-15-3-8-28(29,30)19-35/h2,4-7,18,33H,3,8-17,19H2,1H3,(H,31,32,36). The molecular formula is C28H35F2N5OS. The van der Waals surface area contributed by atoms with Crippen molar-refractivity contribution in [2.24, 2.45) is 5.41 Å². The van der Waals surface area contributed by atoms with Gasteiger partial charge < -0.3 is 19.8 Å². The molecule has 198 valence electrons. The molecule has 2 aromatic rings. The van der Waals surface area contributed by atoms with Crippen LogP contribution in [0.1, 0.15) is 68.6 Å². The Morgan fingerprint density at radius 2 is 1.76 bits per heavy atom. The van der Waals surface area contributed by atoms with E-state index in [0.29, 0.717) is 40.3 Å². The number of carbonyl (C=O) groups is 1. The molecule has 1 aromatic carbocycles. The molecule has 1 spiro atoms. The minimum atomic E-state index is -2.72. The number of carbonyl (C=O) groups excluding carboxylic acids is 1. The van der Waals surface area contributed by atoms with Crippen LogP contribution in [0.2, 0.25) is 0 Å². The van der Waals surface area contributed by atoms with Gasteiger partial charge in [-0.25, -0.2) is 13.8 Å². The minimum absolute atomic E-state index is 0.0943. The molecule has 6 nitrogen and oxygen atoms in total. The lowest BCUT2D eigenvalue weighted by Crippen LogP contribution is -2.43. The van der Waals surface area contributed by atoms with Gasteiger partial charge in [0.05, 0.1) is 17.8 Å².